The molecule has 2 nitrogen and oxygen atoms in total. The minimum Gasteiger partial charge on any atom is -0.370 e. The highest BCUT2D eigenvalue weighted by atomic mass is 16.1. The Morgan fingerprint density at radius 2 is 1.48 bits per heavy atom. The van der Waals surface area contributed by atoms with Gasteiger partial charge in [0.05, 0.1) is 0 Å². The van der Waals surface area contributed by atoms with Gasteiger partial charge >= 0.3 is 0 Å². The molecule has 1 fully saturated rings. The summed E-state index contributed by atoms with van der Waals surface area (Å²) in [4.78, 5) is 11.4. The summed E-state index contributed by atoms with van der Waals surface area (Å²) in [5, 5.41) is 0. The zero-order valence-corrected chi connectivity index (χ0v) is 12.2. The molecule has 2 heteroatoms. The summed E-state index contributed by atoms with van der Waals surface area (Å²) in [6.45, 7) is 0. The predicted molar refractivity (Wildman–Crippen MR) is 85.8 cm³/mol. The van der Waals surface area contributed by atoms with Crippen LogP contribution in [0.3, 0.4) is 0 Å². The van der Waals surface area contributed by atoms with Gasteiger partial charge in [-0.3, -0.25) is 4.79 Å². The minimum absolute atomic E-state index is 0.0267. The summed E-state index contributed by atoms with van der Waals surface area (Å²) >= 11 is 0. The molecule has 0 aliphatic heterocycles. The van der Waals surface area contributed by atoms with Gasteiger partial charge in [0, 0.05) is 11.8 Å². The average Bonchev–Trinajstić information content (AvgIpc) is 2.97. The van der Waals surface area contributed by atoms with Gasteiger partial charge in [-0.2, -0.15) is 0 Å². The average molecular weight is 279 g/mol. The maximum absolute atomic E-state index is 11.4. The number of carbonyl (C=O) groups is 1. The van der Waals surface area contributed by atoms with E-state index in [-0.39, 0.29) is 11.3 Å². The molecule has 108 valence electrons. The molecule has 0 aromatic heterocycles. The van der Waals surface area contributed by atoms with Crippen molar-refractivity contribution in [2.75, 3.05) is 0 Å². The first-order valence-corrected chi connectivity index (χ1v) is 7.64. The van der Waals surface area contributed by atoms with Crippen molar-refractivity contribution < 1.29 is 4.79 Å². The van der Waals surface area contributed by atoms with E-state index < -0.39 is 0 Å². The van der Waals surface area contributed by atoms with E-state index in [4.69, 9.17) is 5.73 Å². The number of primary amides is 1. The van der Waals surface area contributed by atoms with Crippen LogP contribution < -0.4 is 5.73 Å². The van der Waals surface area contributed by atoms with Gasteiger partial charge < -0.3 is 5.73 Å². The molecule has 1 aliphatic rings. The van der Waals surface area contributed by atoms with Crippen molar-refractivity contribution in [2.45, 2.75) is 37.5 Å². The van der Waals surface area contributed by atoms with Gasteiger partial charge in [-0.25, -0.2) is 0 Å². The number of nitrogens with two attached hydrogens (primary N) is 1. The molecule has 2 N–H and O–H groups in total. The highest BCUT2D eigenvalue weighted by molar-refractivity contribution is 5.76. The molecule has 21 heavy (non-hydrogen) atoms. The number of benzene rings is 2. The van der Waals surface area contributed by atoms with Crippen LogP contribution in [0.1, 0.15) is 37.7 Å². The lowest BCUT2D eigenvalue weighted by Gasteiger charge is -2.28. The first-order valence-electron chi connectivity index (χ1n) is 7.64. The van der Waals surface area contributed by atoms with Crippen LogP contribution in [0.25, 0.3) is 11.1 Å². The largest absolute Gasteiger partial charge is 0.370 e. The second-order valence-electron chi connectivity index (χ2n) is 6.07. The fourth-order valence-electron chi connectivity index (χ4n) is 3.60. The van der Waals surface area contributed by atoms with Gasteiger partial charge in [0.2, 0.25) is 5.91 Å². The minimum atomic E-state index is -0.191. The Morgan fingerprint density at radius 1 is 0.905 bits per heavy atom. The quantitative estimate of drug-likeness (QED) is 0.901. The Bertz CT molecular complexity index is 610. The molecule has 2 aromatic carbocycles. The molecule has 0 heterocycles. The van der Waals surface area contributed by atoms with Crippen molar-refractivity contribution in [3.63, 3.8) is 0 Å². The molecule has 1 amide bonds. The maximum atomic E-state index is 11.4. The van der Waals surface area contributed by atoms with E-state index >= 15 is 0 Å². The van der Waals surface area contributed by atoms with Crippen LogP contribution in [0.5, 0.6) is 0 Å². The smallest absolute Gasteiger partial charge is 0.218 e. The molecule has 0 atom stereocenters. The third kappa shape index (κ3) is 2.85. The molecule has 0 unspecified atom stereocenters. The Labute approximate surface area is 126 Å². The van der Waals surface area contributed by atoms with Crippen LogP contribution in [-0.2, 0) is 10.2 Å². The van der Waals surface area contributed by atoms with Gasteiger partial charge in [-0.05, 0) is 29.5 Å². The molecule has 0 spiro atoms. The Morgan fingerprint density at radius 3 is 2.05 bits per heavy atom. The summed E-state index contributed by atoms with van der Waals surface area (Å²) in [5.74, 6) is -0.191. The fraction of sp³-hybridized carbons (Fsp3) is 0.316. The van der Waals surface area contributed by atoms with Gasteiger partial charge in [0.15, 0.2) is 0 Å². The van der Waals surface area contributed by atoms with Gasteiger partial charge in [0.25, 0.3) is 0 Å². The Hall–Kier alpha value is -2.09. The van der Waals surface area contributed by atoms with Gasteiger partial charge in [0.1, 0.15) is 0 Å². The maximum Gasteiger partial charge on any atom is 0.218 e. The molecule has 2 aromatic rings. The number of carbonyl (C=O) groups excluding carboxylic acids is 1. The van der Waals surface area contributed by atoms with Crippen molar-refractivity contribution >= 4 is 5.91 Å². The van der Waals surface area contributed by atoms with Crippen LogP contribution in [0.15, 0.2) is 54.6 Å². The topological polar surface area (TPSA) is 43.1 Å². The van der Waals surface area contributed by atoms with Crippen LogP contribution >= 0.6 is 0 Å². The predicted octanol–water partition coefficient (Wildman–Crippen LogP) is 4.04. The molecular weight excluding hydrogens is 258 g/mol. The van der Waals surface area contributed by atoms with Gasteiger partial charge in [-0.1, -0.05) is 67.4 Å². The van der Waals surface area contributed by atoms with E-state index in [0.29, 0.717) is 6.42 Å². The first-order chi connectivity index (χ1) is 10.2. The third-order valence-corrected chi connectivity index (χ3v) is 4.68. The van der Waals surface area contributed by atoms with Crippen molar-refractivity contribution in [3.8, 4) is 11.1 Å². The van der Waals surface area contributed by atoms with Crippen LogP contribution in [0.4, 0.5) is 0 Å². The molecule has 3 rings (SSSR count). The van der Waals surface area contributed by atoms with E-state index in [9.17, 15) is 4.79 Å². The Balaban J connectivity index is 1.90. The SMILES string of the molecule is NC(=O)CC1(c2ccc(-c3ccccc3)cc2)CCCC1. The number of hydrogen-bond donors (Lipinski definition) is 1. The summed E-state index contributed by atoms with van der Waals surface area (Å²) in [6, 6.07) is 19.0. The molecule has 0 bridgehead atoms. The third-order valence-electron chi connectivity index (χ3n) is 4.68. The van der Waals surface area contributed by atoms with Crippen LogP contribution in [0, 0.1) is 0 Å². The van der Waals surface area contributed by atoms with E-state index in [1.165, 1.54) is 29.5 Å². The lowest BCUT2D eigenvalue weighted by molar-refractivity contribution is -0.119. The van der Waals surface area contributed by atoms with Crippen molar-refractivity contribution in [2.24, 2.45) is 5.73 Å². The van der Waals surface area contributed by atoms with Crippen LogP contribution in [0.2, 0.25) is 0 Å². The summed E-state index contributed by atoms with van der Waals surface area (Å²) in [5.41, 5.74) is 9.15. The second-order valence-corrected chi connectivity index (χ2v) is 6.07. The lowest BCUT2D eigenvalue weighted by atomic mass is 9.75. The van der Waals surface area contributed by atoms with Crippen molar-refractivity contribution in [3.05, 3.63) is 60.2 Å². The second kappa shape index (κ2) is 5.72. The molecular formula is C19H21NO. The van der Waals surface area contributed by atoms with E-state index in [1.807, 2.05) is 6.07 Å². The van der Waals surface area contributed by atoms with E-state index in [0.717, 1.165) is 12.8 Å². The van der Waals surface area contributed by atoms with Crippen molar-refractivity contribution in [1.29, 1.82) is 0 Å². The standard InChI is InChI=1S/C19H21NO/c20-18(21)14-19(12-4-5-13-19)17-10-8-16(9-11-17)15-6-2-1-3-7-15/h1-3,6-11H,4-5,12-14H2,(H2,20,21). The van der Waals surface area contributed by atoms with Gasteiger partial charge in [-0.15, -0.1) is 0 Å². The normalized spacial score (nSPS) is 16.8. The highest BCUT2D eigenvalue weighted by Gasteiger charge is 2.36. The summed E-state index contributed by atoms with van der Waals surface area (Å²) in [6.07, 6.45) is 4.99. The monoisotopic (exact) mass is 279 g/mol. The molecule has 1 aliphatic carbocycles. The number of hydrogen-bond acceptors (Lipinski definition) is 1. The van der Waals surface area contributed by atoms with Crippen LogP contribution in [-0.4, -0.2) is 5.91 Å². The zero-order chi connectivity index (χ0) is 14.7. The first kappa shape index (κ1) is 13.9. The zero-order valence-electron chi connectivity index (χ0n) is 12.2. The number of amides is 1. The molecule has 0 radical (unpaired) electrons. The van der Waals surface area contributed by atoms with E-state index in [2.05, 4.69) is 48.5 Å². The number of rotatable bonds is 4. The Kier molecular flexibility index (Phi) is 3.78. The summed E-state index contributed by atoms with van der Waals surface area (Å²) < 4.78 is 0. The molecule has 0 saturated heterocycles. The highest BCUT2D eigenvalue weighted by Crippen LogP contribution is 2.44. The molecule has 1 saturated carbocycles. The lowest BCUT2D eigenvalue weighted by Crippen LogP contribution is -2.29. The summed E-state index contributed by atoms with van der Waals surface area (Å²) in [7, 11) is 0. The van der Waals surface area contributed by atoms with Crippen molar-refractivity contribution in [1.82, 2.24) is 0 Å². The fourth-order valence-corrected chi connectivity index (χ4v) is 3.60. The van der Waals surface area contributed by atoms with E-state index in [1.54, 1.807) is 0 Å².